The number of ether oxygens (including phenoxy) is 1. The highest BCUT2D eigenvalue weighted by Crippen LogP contribution is 2.20. The summed E-state index contributed by atoms with van der Waals surface area (Å²) in [5.74, 6) is -0.913. The van der Waals surface area contributed by atoms with Gasteiger partial charge in [0.25, 0.3) is 5.91 Å². The topological polar surface area (TPSA) is 79.7 Å². The van der Waals surface area contributed by atoms with Crippen LogP contribution in [-0.2, 0) is 4.74 Å². The standard InChI is InChI=1S/C14H18N2O4/c1-20-14(19)12-11(6-4-7-15-12)13(18)16-8-3-2-5-10(16)9-17/h4,6-7,10,17H,2-3,5,8-9H2,1H3/t10-/m0/s1. The number of nitrogens with zero attached hydrogens (tertiary/aromatic N) is 2. The van der Waals surface area contributed by atoms with E-state index in [4.69, 9.17) is 0 Å². The van der Waals surface area contributed by atoms with Gasteiger partial charge in [-0.3, -0.25) is 4.79 Å². The molecule has 2 heterocycles. The molecule has 6 heteroatoms. The minimum Gasteiger partial charge on any atom is -0.464 e. The van der Waals surface area contributed by atoms with Crippen LogP contribution in [0.25, 0.3) is 0 Å². The van der Waals surface area contributed by atoms with Crippen molar-refractivity contribution >= 4 is 11.9 Å². The number of likely N-dealkylation sites (tertiary alicyclic amines) is 1. The lowest BCUT2D eigenvalue weighted by Crippen LogP contribution is -2.46. The zero-order valence-corrected chi connectivity index (χ0v) is 11.4. The van der Waals surface area contributed by atoms with Gasteiger partial charge >= 0.3 is 5.97 Å². The molecular weight excluding hydrogens is 260 g/mol. The monoisotopic (exact) mass is 278 g/mol. The van der Waals surface area contributed by atoms with Gasteiger partial charge in [0, 0.05) is 12.7 Å². The maximum absolute atomic E-state index is 12.6. The van der Waals surface area contributed by atoms with Crippen LogP contribution < -0.4 is 0 Å². The van der Waals surface area contributed by atoms with Gasteiger partial charge in [0.05, 0.1) is 25.3 Å². The van der Waals surface area contributed by atoms with Gasteiger partial charge < -0.3 is 14.7 Å². The van der Waals surface area contributed by atoms with Crippen LogP contribution in [0.3, 0.4) is 0 Å². The number of esters is 1. The minimum absolute atomic E-state index is 0.0160. The van der Waals surface area contributed by atoms with Crippen LogP contribution in [0, 0.1) is 0 Å². The van der Waals surface area contributed by atoms with Crippen molar-refractivity contribution in [1.29, 1.82) is 0 Å². The average molecular weight is 278 g/mol. The van der Waals surface area contributed by atoms with E-state index < -0.39 is 5.97 Å². The second-order valence-electron chi connectivity index (χ2n) is 4.72. The first kappa shape index (κ1) is 14.5. The maximum Gasteiger partial charge on any atom is 0.357 e. The van der Waals surface area contributed by atoms with Gasteiger partial charge in [-0.2, -0.15) is 0 Å². The molecular formula is C14H18N2O4. The predicted octanol–water partition coefficient (Wildman–Crippen LogP) is 0.855. The quantitative estimate of drug-likeness (QED) is 0.829. The maximum atomic E-state index is 12.6. The molecule has 6 nitrogen and oxygen atoms in total. The molecule has 1 N–H and O–H groups in total. The van der Waals surface area contributed by atoms with Gasteiger partial charge in [-0.05, 0) is 31.4 Å². The van der Waals surface area contributed by atoms with Crippen LogP contribution in [0.5, 0.6) is 0 Å². The Bertz CT molecular complexity index is 504. The van der Waals surface area contributed by atoms with Crippen LogP contribution in [-0.4, -0.2) is 53.2 Å². The van der Waals surface area contributed by atoms with Crippen molar-refractivity contribution in [3.05, 3.63) is 29.6 Å². The van der Waals surface area contributed by atoms with E-state index in [2.05, 4.69) is 9.72 Å². The molecule has 0 radical (unpaired) electrons. The third-order valence-electron chi connectivity index (χ3n) is 3.52. The van der Waals surface area contributed by atoms with Gasteiger partial charge in [-0.15, -0.1) is 0 Å². The number of rotatable bonds is 3. The Labute approximate surface area is 117 Å². The third-order valence-corrected chi connectivity index (χ3v) is 3.52. The summed E-state index contributed by atoms with van der Waals surface area (Å²) in [5, 5.41) is 9.38. The molecule has 1 aromatic heterocycles. The van der Waals surface area contributed by atoms with Gasteiger partial charge in [-0.1, -0.05) is 0 Å². The molecule has 0 unspecified atom stereocenters. The Morgan fingerprint density at radius 2 is 2.30 bits per heavy atom. The number of hydrogen-bond donors (Lipinski definition) is 1. The zero-order chi connectivity index (χ0) is 14.5. The minimum atomic E-state index is -0.633. The van der Waals surface area contributed by atoms with Crippen molar-refractivity contribution in [2.24, 2.45) is 0 Å². The number of methoxy groups -OCH3 is 1. The molecule has 0 aliphatic carbocycles. The van der Waals surface area contributed by atoms with Crippen molar-refractivity contribution in [2.45, 2.75) is 25.3 Å². The van der Waals surface area contributed by atoms with E-state index in [1.807, 2.05) is 0 Å². The average Bonchev–Trinajstić information content (AvgIpc) is 2.53. The number of amides is 1. The number of pyridine rings is 1. The van der Waals surface area contributed by atoms with E-state index in [0.29, 0.717) is 6.54 Å². The third kappa shape index (κ3) is 2.80. The molecule has 20 heavy (non-hydrogen) atoms. The summed E-state index contributed by atoms with van der Waals surface area (Å²) >= 11 is 0. The number of aliphatic hydroxyl groups is 1. The van der Waals surface area contributed by atoms with Crippen molar-refractivity contribution in [3.8, 4) is 0 Å². The first-order chi connectivity index (χ1) is 9.69. The van der Waals surface area contributed by atoms with E-state index in [1.165, 1.54) is 13.3 Å². The second-order valence-corrected chi connectivity index (χ2v) is 4.72. The Hall–Kier alpha value is -1.95. The predicted molar refractivity (Wildman–Crippen MR) is 71.3 cm³/mol. The largest absolute Gasteiger partial charge is 0.464 e. The van der Waals surface area contributed by atoms with E-state index in [0.717, 1.165) is 19.3 Å². The van der Waals surface area contributed by atoms with Crippen LogP contribution in [0.1, 0.15) is 40.1 Å². The molecule has 1 amide bonds. The number of carbonyl (C=O) groups is 2. The lowest BCUT2D eigenvalue weighted by Gasteiger charge is -2.34. The highest BCUT2D eigenvalue weighted by atomic mass is 16.5. The molecule has 0 bridgehead atoms. The first-order valence-electron chi connectivity index (χ1n) is 6.64. The summed E-state index contributed by atoms with van der Waals surface area (Å²) < 4.78 is 4.65. The fraction of sp³-hybridized carbons (Fsp3) is 0.500. The molecule has 0 aromatic carbocycles. The molecule has 1 aliphatic rings. The van der Waals surface area contributed by atoms with Gasteiger partial charge in [0.2, 0.25) is 0 Å². The molecule has 1 saturated heterocycles. The molecule has 1 atom stereocenters. The number of carbonyl (C=O) groups excluding carboxylic acids is 2. The second kappa shape index (κ2) is 6.47. The van der Waals surface area contributed by atoms with Crippen molar-refractivity contribution in [3.63, 3.8) is 0 Å². The van der Waals surface area contributed by atoms with E-state index in [9.17, 15) is 14.7 Å². The summed E-state index contributed by atoms with van der Waals surface area (Å²) in [6.45, 7) is 0.513. The van der Waals surface area contributed by atoms with Gasteiger partial charge in [-0.25, -0.2) is 9.78 Å². The normalized spacial score (nSPS) is 18.7. The van der Waals surface area contributed by atoms with Crippen LogP contribution >= 0.6 is 0 Å². The highest BCUT2D eigenvalue weighted by Gasteiger charge is 2.29. The van der Waals surface area contributed by atoms with Gasteiger partial charge in [0.1, 0.15) is 0 Å². The molecule has 0 saturated carbocycles. The van der Waals surface area contributed by atoms with Crippen molar-refractivity contribution in [2.75, 3.05) is 20.3 Å². The Morgan fingerprint density at radius 3 is 3.00 bits per heavy atom. The van der Waals surface area contributed by atoms with Crippen molar-refractivity contribution < 1.29 is 19.4 Å². The summed E-state index contributed by atoms with van der Waals surface area (Å²) in [6.07, 6.45) is 4.11. The van der Waals surface area contributed by atoms with E-state index >= 15 is 0 Å². The fourth-order valence-corrected chi connectivity index (χ4v) is 2.45. The van der Waals surface area contributed by atoms with Crippen LogP contribution in [0.4, 0.5) is 0 Å². The lowest BCUT2D eigenvalue weighted by atomic mass is 10.0. The summed E-state index contributed by atoms with van der Waals surface area (Å²) in [5.41, 5.74) is 0.238. The van der Waals surface area contributed by atoms with E-state index in [-0.39, 0.29) is 29.8 Å². The molecule has 2 rings (SSSR count). The summed E-state index contributed by atoms with van der Waals surface area (Å²) in [4.78, 5) is 29.8. The van der Waals surface area contributed by atoms with Gasteiger partial charge in [0.15, 0.2) is 5.69 Å². The lowest BCUT2D eigenvalue weighted by molar-refractivity contribution is 0.0486. The SMILES string of the molecule is COC(=O)c1ncccc1C(=O)N1CCCC[C@H]1CO. The molecule has 1 fully saturated rings. The Morgan fingerprint density at radius 1 is 1.50 bits per heavy atom. The zero-order valence-electron chi connectivity index (χ0n) is 11.4. The molecule has 1 aromatic rings. The van der Waals surface area contributed by atoms with E-state index in [1.54, 1.807) is 17.0 Å². The molecule has 0 spiro atoms. The number of aromatic nitrogens is 1. The van der Waals surface area contributed by atoms with Crippen molar-refractivity contribution in [1.82, 2.24) is 9.88 Å². The number of aliphatic hydroxyl groups excluding tert-OH is 1. The first-order valence-corrected chi connectivity index (χ1v) is 6.64. The molecule has 108 valence electrons. The smallest absolute Gasteiger partial charge is 0.357 e. The van der Waals surface area contributed by atoms with Crippen LogP contribution in [0.2, 0.25) is 0 Å². The fourth-order valence-electron chi connectivity index (χ4n) is 2.45. The number of hydrogen-bond acceptors (Lipinski definition) is 5. The summed E-state index contributed by atoms with van der Waals surface area (Å²) in [7, 11) is 1.25. The number of piperidine rings is 1. The Balaban J connectivity index is 2.30. The van der Waals surface area contributed by atoms with Crippen LogP contribution in [0.15, 0.2) is 18.3 Å². The molecule has 1 aliphatic heterocycles. The Kier molecular flexibility index (Phi) is 4.68. The summed E-state index contributed by atoms with van der Waals surface area (Å²) in [6, 6.07) is 2.98. The highest BCUT2D eigenvalue weighted by molar-refractivity contribution is 6.04.